The molecule has 0 bridgehead atoms. The van der Waals surface area contributed by atoms with Crippen LogP contribution < -0.4 is 0 Å². The lowest BCUT2D eigenvalue weighted by atomic mass is 9.90. The third kappa shape index (κ3) is 11.7. The first kappa shape index (κ1) is 38.6. The van der Waals surface area contributed by atoms with Crippen LogP contribution in [0.3, 0.4) is 0 Å². The van der Waals surface area contributed by atoms with E-state index in [9.17, 15) is 19.2 Å². The van der Waals surface area contributed by atoms with E-state index < -0.39 is 60.4 Å². The number of ether oxygens (including phenoxy) is 4. The lowest BCUT2D eigenvalue weighted by molar-refractivity contribution is -0.0231. The van der Waals surface area contributed by atoms with E-state index in [0.29, 0.717) is 60.8 Å². The van der Waals surface area contributed by atoms with Gasteiger partial charge in [0.15, 0.2) is 0 Å². The molecule has 4 aromatic carbocycles. The topological polar surface area (TPSA) is 203 Å². The molecule has 2 fully saturated rings. The number of nitrogens with zero attached hydrogens (tertiary/aromatic N) is 6. The molecule has 54 heavy (non-hydrogen) atoms. The molecule has 0 N–H and O–H groups in total. The Bertz CT molecular complexity index is 1690. The molecule has 6 rings (SSSR count). The Balaban J connectivity index is 0.000000208. The van der Waals surface area contributed by atoms with E-state index in [4.69, 9.17) is 30.0 Å². The van der Waals surface area contributed by atoms with Crippen LogP contribution >= 0.6 is 0 Å². The molecule has 5 atom stereocenters. The predicted molar refractivity (Wildman–Crippen MR) is 196 cm³/mol. The van der Waals surface area contributed by atoms with Crippen molar-refractivity contribution in [2.24, 2.45) is 10.2 Å². The van der Waals surface area contributed by atoms with E-state index in [-0.39, 0.29) is 0 Å². The molecule has 1 unspecified atom stereocenters. The van der Waals surface area contributed by atoms with Crippen LogP contribution in [0.5, 0.6) is 0 Å². The second-order valence-electron chi connectivity index (χ2n) is 12.7. The van der Waals surface area contributed by atoms with Gasteiger partial charge in [0.1, 0.15) is 24.4 Å². The standard InChI is InChI=1S/2C20H19N3O4/c2*21-23-22-16-11-17(26-19(24)14-7-3-1-4-8-14)13-18(12-16)27-20(25)15-9-5-2-6-10-15/h2*1-10,16-18H,11-13H2/t17-,18-;16?,17-,18+/m0./s1. The molecule has 4 aromatic rings. The van der Waals surface area contributed by atoms with Gasteiger partial charge in [-0.1, -0.05) is 83.0 Å². The fraction of sp³-hybridized carbons (Fsp3) is 0.300. The van der Waals surface area contributed by atoms with Crippen LogP contribution in [0.15, 0.2) is 132 Å². The molecule has 14 heteroatoms. The van der Waals surface area contributed by atoms with Crippen molar-refractivity contribution in [2.75, 3.05) is 0 Å². The summed E-state index contributed by atoms with van der Waals surface area (Å²) in [6, 6.07) is 33.9. The quantitative estimate of drug-likeness (QED) is 0.0507. The van der Waals surface area contributed by atoms with E-state index in [2.05, 4.69) is 20.1 Å². The zero-order valence-corrected chi connectivity index (χ0v) is 29.2. The molecule has 14 nitrogen and oxygen atoms in total. The largest absolute Gasteiger partial charge is 0.459 e. The number of azide groups is 2. The van der Waals surface area contributed by atoms with E-state index in [0.717, 1.165) is 0 Å². The summed E-state index contributed by atoms with van der Waals surface area (Å²) >= 11 is 0. The van der Waals surface area contributed by atoms with Crippen molar-refractivity contribution in [1.29, 1.82) is 0 Å². The van der Waals surface area contributed by atoms with Crippen LogP contribution in [0.4, 0.5) is 0 Å². The first-order chi connectivity index (χ1) is 26.3. The lowest BCUT2D eigenvalue weighted by Crippen LogP contribution is -2.37. The van der Waals surface area contributed by atoms with Crippen LogP contribution in [-0.4, -0.2) is 60.4 Å². The number of hydrogen-bond acceptors (Lipinski definition) is 10. The van der Waals surface area contributed by atoms with Crippen LogP contribution in [-0.2, 0) is 18.9 Å². The highest BCUT2D eigenvalue weighted by atomic mass is 16.6. The summed E-state index contributed by atoms with van der Waals surface area (Å²) in [4.78, 5) is 54.9. The average Bonchev–Trinajstić information content (AvgIpc) is 3.19. The molecule has 0 spiro atoms. The number of rotatable bonds is 10. The first-order valence-corrected chi connectivity index (χ1v) is 17.4. The Morgan fingerprint density at radius 2 is 0.630 bits per heavy atom. The maximum atomic E-state index is 12.3. The predicted octanol–water partition coefficient (Wildman–Crippen LogP) is 8.60. The fourth-order valence-electron chi connectivity index (χ4n) is 6.27. The Morgan fingerprint density at radius 1 is 0.407 bits per heavy atom. The van der Waals surface area contributed by atoms with Gasteiger partial charge in [0.25, 0.3) is 0 Å². The maximum Gasteiger partial charge on any atom is 0.338 e. The van der Waals surface area contributed by atoms with E-state index >= 15 is 0 Å². The molecule has 2 aliphatic carbocycles. The molecule has 2 aliphatic rings. The number of benzene rings is 4. The summed E-state index contributed by atoms with van der Waals surface area (Å²) in [7, 11) is 0. The molecule has 0 saturated heterocycles. The van der Waals surface area contributed by atoms with E-state index in [1.807, 2.05) is 24.3 Å². The summed E-state index contributed by atoms with van der Waals surface area (Å²) in [6.07, 6.45) is 0.397. The molecular weight excluding hydrogens is 692 g/mol. The maximum absolute atomic E-state index is 12.3. The van der Waals surface area contributed by atoms with Crippen molar-refractivity contribution in [3.8, 4) is 0 Å². The minimum atomic E-state index is -0.490. The van der Waals surface area contributed by atoms with Crippen molar-refractivity contribution in [3.63, 3.8) is 0 Å². The van der Waals surface area contributed by atoms with Gasteiger partial charge in [-0.2, -0.15) is 0 Å². The Labute approximate surface area is 311 Å². The number of hydrogen-bond donors (Lipinski definition) is 0. The normalized spacial score (nSPS) is 21.6. The van der Waals surface area contributed by atoms with Gasteiger partial charge < -0.3 is 18.9 Å². The number of carbonyl (C=O) groups excluding carboxylic acids is 4. The van der Waals surface area contributed by atoms with Gasteiger partial charge in [-0.3, -0.25) is 0 Å². The highest BCUT2D eigenvalue weighted by molar-refractivity contribution is 5.91. The molecule has 0 radical (unpaired) electrons. The monoisotopic (exact) mass is 730 g/mol. The van der Waals surface area contributed by atoms with Crippen molar-refractivity contribution >= 4 is 23.9 Å². The van der Waals surface area contributed by atoms with Gasteiger partial charge in [0, 0.05) is 34.7 Å². The second-order valence-corrected chi connectivity index (χ2v) is 12.7. The second kappa shape index (κ2) is 19.8. The van der Waals surface area contributed by atoms with E-state index in [1.165, 1.54) is 0 Å². The highest BCUT2D eigenvalue weighted by Gasteiger charge is 2.34. The van der Waals surface area contributed by atoms with Crippen molar-refractivity contribution < 1.29 is 38.1 Å². The molecule has 0 heterocycles. The van der Waals surface area contributed by atoms with Crippen LogP contribution in [0, 0.1) is 0 Å². The first-order valence-electron chi connectivity index (χ1n) is 17.4. The SMILES string of the molecule is [N-]=[N+]=NC1C[C@@H](OC(=O)c2ccccc2)C[C@@H](OC(=O)c2ccccc2)C1.[N-]=[N+]=NC1C[C@H](OC(=O)c2ccccc2)C[C@@H](OC(=O)c2ccccc2)C1. The van der Waals surface area contributed by atoms with Gasteiger partial charge in [-0.15, -0.1) is 0 Å². The highest BCUT2D eigenvalue weighted by Crippen LogP contribution is 2.29. The minimum Gasteiger partial charge on any atom is -0.459 e. The van der Waals surface area contributed by atoms with Gasteiger partial charge in [-0.05, 0) is 85.3 Å². The Hall–Kier alpha value is -6.62. The van der Waals surface area contributed by atoms with Crippen LogP contribution in [0.2, 0.25) is 0 Å². The molecule has 0 aliphatic heterocycles. The average molecular weight is 731 g/mol. The van der Waals surface area contributed by atoms with Crippen molar-refractivity contribution in [3.05, 3.63) is 164 Å². The van der Waals surface area contributed by atoms with Crippen LogP contribution in [0.1, 0.15) is 80.0 Å². The minimum absolute atomic E-state index is 0.370. The zero-order chi connectivity index (χ0) is 38.1. The number of carbonyl (C=O) groups is 4. The molecule has 0 aromatic heterocycles. The van der Waals surface area contributed by atoms with E-state index in [1.54, 1.807) is 97.1 Å². The van der Waals surface area contributed by atoms with Gasteiger partial charge >= 0.3 is 23.9 Å². The third-order valence-corrected chi connectivity index (χ3v) is 8.75. The van der Waals surface area contributed by atoms with Crippen LogP contribution in [0.25, 0.3) is 20.9 Å². The molecular formula is C40H38N6O8. The Kier molecular flexibility index (Phi) is 14.2. The summed E-state index contributed by atoms with van der Waals surface area (Å²) in [5.41, 5.74) is 19.3. The van der Waals surface area contributed by atoms with Gasteiger partial charge in [0.05, 0.1) is 22.3 Å². The summed E-state index contributed by atoms with van der Waals surface area (Å²) in [5, 5.41) is 7.48. The molecule has 276 valence electrons. The smallest absolute Gasteiger partial charge is 0.338 e. The van der Waals surface area contributed by atoms with Crippen molar-refractivity contribution in [2.45, 2.75) is 75.0 Å². The zero-order valence-electron chi connectivity index (χ0n) is 29.2. The van der Waals surface area contributed by atoms with Crippen molar-refractivity contribution in [1.82, 2.24) is 0 Å². The summed E-state index contributed by atoms with van der Waals surface area (Å²) in [5.74, 6) is -1.80. The number of esters is 4. The van der Waals surface area contributed by atoms with Gasteiger partial charge in [0.2, 0.25) is 0 Å². The lowest BCUT2D eigenvalue weighted by Gasteiger charge is -2.32. The third-order valence-electron chi connectivity index (χ3n) is 8.75. The Morgan fingerprint density at radius 3 is 0.833 bits per heavy atom. The molecule has 0 amide bonds. The summed E-state index contributed by atoms with van der Waals surface area (Å²) in [6.45, 7) is 0. The fourth-order valence-corrected chi connectivity index (χ4v) is 6.27. The molecule has 2 saturated carbocycles. The summed E-state index contributed by atoms with van der Waals surface area (Å²) < 4.78 is 22.2. The van der Waals surface area contributed by atoms with Gasteiger partial charge in [-0.25, -0.2) is 19.2 Å².